The fraction of sp³-hybridized carbons (Fsp3) is 0.250. The van der Waals surface area contributed by atoms with Crippen LogP contribution in [-0.4, -0.2) is 0 Å². The maximum Gasteiger partial charge on any atom is 0.0277 e. The zero-order chi connectivity index (χ0) is 8.43. The standard InChI is InChI=1S/C8H9BrIN/c1-5(11)7-4-6(10)2-3-8(7)9/h2-5H,11H2,1H3. The molecule has 1 aromatic carbocycles. The van der Waals surface area contributed by atoms with Gasteiger partial charge in [0.1, 0.15) is 0 Å². The minimum atomic E-state index is 0.0964. The highest BCUT2D eigenvalue weighted by molar-refractivity contribution is 14.1. The van der Waals surface area contributed by atoms with Crippen LogP contribution in [-0.2, 0) is 0 Å². The predicted molar refractivity (Wildman–Crippen MR) is 59.5 cm³/mol. The molecule has 0 aromatic heterocycles. The molecule has 0 heterocycles. The number of rotatable bonds is 1. The van der Waals surface area contributed by atoms with Crippen LogP contribution in [0, 0.1) is 3.57 Å². The number of nitrogens with two attached hydrogens (primary N) is 1. The molecule has 1 unspecified atom stereocenters. The van der Waals surface area contributed by atoms with Crippen LogP contribution >= 0.6 is 38.5 Å². The van der Waals surface area contributed by atoms with Crippen molar-refractivity contribution in [3.05, 3.63) is 31.8 Å². The lowest BCUT2D eigenvalue weighted by molar-refractivity contribution is 0.812. The zero-order valence-electron chi connectivity index (χ0n) is 6.14. The molecule has 0 radical (unpaired) electrons. The second-order valence-corrected chi connectivity index (χ2v) is 4.55. The van der Waals surface area contributed by atoms with Crippen molar-refractivity contribution in [2.75, 3.05) is 0 Å². The molecule has 0 aliphatic rings. The van der Waals surface area contributed by atoms with Crippen LogP contribution in [0.2, 0.25) is 0 Å². The van der Waals surface area contributed by atoms with Crippen molar-refractivity contribution in [3.8, 4) is 0 Å². The van der Waals surface area contributed by atoms with Crippen LogP contribution in [0.1, 0.15) is 18.5 Å². The summed E-state index contributed by atoms with van der Waals surface area (Å²) in [7, 11) is 0. The van der Waals surface area contributed by atoms with E-state index in [2.05, 4.69) is 50.7 Å². The van der Waals surface area contributed by atoms with Gasteiger partial charge in [0.25, 0.3) is 0 Å². The normalized spacial score (nSPS) is 13.1. The Labute approximate surface area is 88.6 Å². The fourth-order valence-electron chi connectivity index (χ4n) is 0.864. The maximum absolute atomic E-state index is 5.75. The van der Waals surface area contributed by atoms with E-state index in [1.165, 1.54) is 3.57 Å². The van der Waals surface area contributed by atoms with E-state index in [9.17, 15) is 0 Å². The molecule has 0 amide bonds. The zero-order valence-corrected chi connectivity index (χ0v) is 9.89. The van der Waals surface area contributed by atoms with E-state index in [0.29, 0.717) is 0 Å². The van der Waals surface area contributed by atoms with Crippen molar-refractivity contribution in [2.24, 2.45) is 5.73 Å². The van der Waals surface area contributed by atoms with Gasteiger partial charge >= 0.3 is 0 Å². The molecule has 1 nitrogen and oxygen atoms in total. The lowest BCUT2D eigenvalue weighted by Gasteiger charge is -2.07. The molecule has 0 saturated heterocycles. The second kappa shape index (κ2) is 3.87. The summed E-state index contributed by atoms with van der Waals surface area (Å²) in [6.07, 6.45) is 0. The van der Waals surface area contributed by atoms with Crippen molar-refractivity contribution in [1.82, 2.24) is 0 Å². The molecule has 0 aliphatic heterocycles. The van der Waals surface area contributed by atoms with E-state index in [4.69, 9.17) is 5.73 Å². The summed E-state index contributed by atoms with van der Waals surface area (Å²) in [6.45, 7) is 1.98. The number of benzene rings is 1. The van der Waals surface area contributed by atoms with Crippen molar-refractivity contribution >= 4 is 38.5 Å². The molecular weight excluding hydrogens is 317 g/mol. The number of halogens is 2. The Morgan fingerprint density at radius 2 is 2.18 bits per heavy atom. The van der Waals surface area contributed by atoms with Crippen LogP contribution in [0.5, 0.6) is 0 Å². The molecule has 1 atom stereocenters. The molecule has 0 fully saturated rings. The maximum atomic E-state index is 5.75. The summed E-state index contributed by atoms with van der Waals surface area (Å²) in [5.74, 6) is 0. The van der Waals surface area contributed by atoms with Crippen LogP contribution < -0.4 is 5.73 Å². The van der Waals surface area contributed by atoms with Gasteiger partial charge in [-0.15, -0.1) is 0 Å². The second-order valence-electron chi connectivity index (χ2n) is 2.45. The summed E-state index contributed by atoms with van der Waals surface area (Å²) in [5.41, 5.74) is 6.91. The van der Waals surface area contributed by atoms with Crippen LogP contribution in [0.25, 0.3) is 0 Å². The molecule has 11 heavy (non-hydrogen) atoms. The van der Waals surface area contributed by atoms with Crippen LogP contribution in [0.4, 0.5) is 0 Å². The van der Waals surface area contributed by atoms with Gasteiger partial charge < -0.3 is 5.73 Å². The third-order valence-corrected chi connectivity index (χ3v) is 2.84. The van der Waals surface area contributed by atoms with Crippen LogP contribution in [0.15, 0.2) is 22.7 Å². The third-order valence-electron chi connectivity index (χ3n) is 1.45. The lowest BCUT2D eigenvalue weighted by Crippen LogP contribution is -2.05. The first-order chi connectivity index (χ1) is 5.11. The molecule has 1 rings (SSSR count). The smallest absolute Gasteiger partial charge is 0.0277 e. The third kappa shape index (κ3) is 2.42. The van der Waals surface area contributed by atoms with E-state index in [1.54, 1.807) is 0 Å². The molecule has 0 spiro atoms. The molecule has 0 bridgehead atoms. The topological polar surface area (TPSA) is 26.0 Å². The Morgan fingerprint density at radius 1 is 1.55 bits per heavy atom. The average molecular weight is 326 g/mol. The summed E-state index contributed by atoms with van der Waals surface area (Å²) in [6, 6.07) is 6.27. The highest BCUT2D eigenvalue weighted by Gasteiger charge is 2.03. The van der Waals surface area contributed by atoms with E-state index in [0.717, 1.165) is 10.0 Å². The monoisotopic (exact) mass is 325 g/mol. The molecule has 60 valence electrons. The van der Waals surface area contributed by atoms with Gasteiger partial charge in [0.05, 0.1) is 0 Å². The van der Waals surface area contributed by atoms with Gasteiger partial charge in [-0.2, -0.15) is 0 Å². The highest BCUT2D eigenvalue weighted by Crippen LogP contribution is 2.23. The quantitative estimate of drug-likeness (QED) is 0.789. The van der Waals surface area contributed by atoms with Crippen molar-refractivity contribution < 1.29 is 0 Å². The van der Waals surface area contributed by atoms with E-state index in [1.807, 2.05) is 13.0 Å². The minimum Gasteiger partial charge on any atom is -0.324 e. The Balaban J connectivity index is 3.13. The van der Waals surface area contributed by atoms with Crippen molar-refractivity contribution in [3.63, 3.8) is 0 Å². The van der Waals surface area contributed by atoms with Gasteiger partial charge in [0.2, 0.25) is 0 Å². The molecular formula is C8H9BrIN. The predicted octanol–water partition coefficient (Wildman–Crippen LogP) is 3.07. The summed E-state index contributed by atoms with van der Waals surface area (Å²) >= 11 is 5.73. The number of hydrogen-bond donors (Lipinski definition) is 1. The van der Waals surface area contributed by atoms with Crippen molar-refractivity contribution in [1.29, 1.82) is 0 Å². The van der Waals surface area contributed by atoms with Gasteiger partial charge in [-0.1, -0.05) is 15.9 Å². The van der Waals surface area contributed by atoms with Gasteiger partial charge in [-0.05, 0) is 53.3 Å². The number of hydrogen-bond acceptors (Lipinski definition) is 1. The van der Waals surface area contributed by atoms with Crippen molar-refractivity contribution in [2.45, 2.75) is 13.0 Å². The molecule has 0 aliphatic carbocycles. The largest absolute Gasteiger partial charge is 0.324 e. The van der Waals surface area contributed by atoms with Gasteiger partial charge in [0, 0.05) is 14.1 Å². The first kappa shape index (κ1) is 9.48. The highest BCUT2D eigenvalue weighted by atomic mass is 127. The molecule has 3 heteroatoms. The molecule has 1 aromatic rings. The Morgan fingerprint density at radius 3 is 2.64 bits per heavy atom. The SMILES string of the molecule is CC(N)c1cc(I)ccc1Br. The summed E-state index contributed by atoms with van der Waals surface area (Å²) in [5, 5.41) is 0. The fourth-order valence-corrected chi connectivity index (χ4v) is 1.99. The first-order valence-electron chi connectivity index (χ1n) is 3.32. The molecule has 0 saturated carbocycles. The first-order valence-corrected chi connectivity index (χ1v) is 5.19. The van der Waals surface area contributed by atoms with E-state index in [-0.39, 0.29) is 6.04 Å². The van der Waals surface area contributed by atoms with Gasteiger partial charge in [0.15, 0.2) is 0 Å². The Kier molecular flexibility index (Phi) is 3.33. The summed E-state index contributed by atoms with van der Waals surface area (Å²) < 4.78 is 2.31. The Hall–Kier alpha value is 0.390. The van der Waals surface area contributed by atoms with Crippen LogP contribution in [0.3, 0.4) is 0 Å². The molecule has 2 N–H and O–H groups in total. The Bertz CT molecular complexity index is 260. The van der Waals surface area contributed by atoms with E-state index < -0.39 is 0 Å². The lowest BCUT2D eigenvalue weighted by atomic mass is 10.1. The van der Waals surface area contributed by atoms with E-state index >= 15 is 0 Å². The van der Waals surface area contributed by atoms with Gasteiger partial charge in [-0.3, -0.25) is 0 Å². The van der Waals surface area contributed by atoms with Gasteiger partial charge in [-0.25, -0.2) is 0 Å². The minimum absolute atomic E-state index is 0.0964. The average Bonchev–Trinajstić information content (AvgIpc) is 1.94. The summed E-state index contributed by atoms with van der Waals surface area (Å²) in [4.78, 5) is 0.